The van der Waals surface area contributed by atoms with Gasteiger partial charge in [-0.2, -0.15) is 0 Å². The average Bonchev–Trinajstić information content (AvgIpc) is 2.57. The molecule has 0 fully saturated rings. The second-order valence-electron chi connectivity index (χ2n) is 3.66. The third-order valence-corrected chi connectivity index (χ3v) is 3.40. The van der Waals surface area contributed by atoms with E-state index in [-0.39, 0.29) is 5.78 Å². The number of Topliss-reactive ketones (excluding diaryl/α,β-unsaturated/α-hetero) is 1. The molecule has 2 aromatic rings. The minimum Gasteiger partial charge on any atom is -0.297 e. The first-order valence-electron chi connectivity index (χ1n) is 4.57. The SMILES string of the molecule is CC(=O)c1cn2cc(C(C)C)sc2n1. The molecule has 0 bridgehead atoms. The van der Waals surface area contributed by atoms with Crippen molar-refractivity contribution in [1.82, 2.24) is 9.38 Å². The van der Waals surface area contributed by atoms with Crippen LogP contribution in [0.2, 0.25) is 0 Å². The van der Waals surface area contributed by atoms with Crippen LogP contribution >= 0.6 is 11.3 Å². The summed E-state index contributed by atoms with van der Waals surface area (Å²) in [6.45, 7) is 5.84. The van der Waals surface area contributed by atoms with Gasteiger partial charge in [-0.25, -0.2) is 4.98 Å². The number of imidazole rings is 1. The summed E-state index contributed by atoms with van der Waals surface area (Å²) in [4.78, 5) is 17.5. The summed E-state index contributed by atoms with van der Waals surface area (Å²) < 4.78 is 1.93. The van der Waals surface area contributed by atoms with E-state index in [1.54, 1.807) is 17.5 Å². The van der Waals surface area contributed by atoms with Crippen molar-refractivity contribution in [2.45, 2.75) is 26.7 Å². The summed E-state index contributed by atoms with van der Waals surface area (Å²) in [5.74, 6) is 0.537. The van der Waals surface area contributed by atoms with Gasteiger partial charge in [0.15, 0.2) is 10.7 Å². The Bertz CT molecular complexity index is 450. The maximum atomic E-state index is 11.1. The van der Waals surface area contributed by atoms with Crippen LogP contribution in [0.1, 0.15) is 42.1 Å². The lowest BCUT2D eigenvalue weighted by atomic mass is 10.2. The molecular weight excluding hydrogens is 196 g/mol. The third-order valence-electron chi connectivity index (χ3n) is 2.10. The zero-order chi connectivity index (χ0) is 10.3. The van der Waals surface area contributed by atoms with Gasteiger partial charge < -0.3 is 0 Å². The molecule has 0 aliphatic rings. The summed E-state index contributed by atoms with van der Waals surface area (Å²) >= 11 is 1.64. The van der Waals surface area contributed by atoms with Gasteiger partial charge in [0.1, 0.15) is 5.69 Å². The zero-order valence-electron chi connectivity index (χ0n) is 8.44. The number of hydrogen-bond acceptors (Lipinski definition) is 3. The van der Waals surface area contributed by atoms with Crippen LogP contribution in [0.5, 0.6) is 0 Å². The average molecular weight is 208 g/mol. The predicted octanol–water partition coefficient (Wildman–Crippen LogP) is 2.72. The molecule has 0 saturated carbocycles. The molecule has 0 atom stereocenters. The first-order valence-corrected chi connectivity index (χ1v) is 5.39. The molecule has 0 aromatic carbocycles. The van der Waals surface area contributed by atoms with E-state index in [2.05, 4.69) is 18.8 Å². The molecule has 0 saturated heterocycles. The fraction of sp³-hybridized carbons (Fsp3) is 0.400. The number of ketones is 1. The third kappa shape index (κ3) is 1.46. The van der Waals surface area contributed by atoms with Gasteiger partial charge >= 0.3 is 0 Å². The molecule has 0 radical (unpaired) electrons. The highest BCUT2D eigenvalue weighted by atomic mass is 32.1. The topological polar surface area (TPSA) is 34.4 Å². The van der Waals surface area contributed by atoms with Crippen LogP contribution in [0, 0.1) is 0 Å². The summed E-state index contributed by atoms with van der Waals surface area (Å²) in [6, 6.07) is 0. The monoisotopic (exact) mass is 208 g/mol. The Hall–Kier alpha value is -1.16. The molecular formula is C10H12N2OS. The zero-order valence-corrected chi connectivity index (χ0v) is 9.26. The Morgan fingerprint density at radius 1 is 1.50 bits per heavy atom. The highest BCUT2D eigenvalue weighted by Crippen LogP contribution is 2.24. The van der Waals surface area contributed by atoms with E-state index in [0.29, 0.717) is 11.6 Å². The highest BCUT2D eigenvalue weighted by molar-refractivity contribution is 7.17. The quantitative estimate of drug-likeness (QED) is 0.711. The van der Waals surface area contributed by atoms with Crippen LogP contribution in [0.4, 0.5) is 0 Å². The molecule has 2 heterocycles. The lowest BCUT2D eigenvalue weighted by molar-refractivity contribution is 0.101. The standard InChI is InChI=1S/C10H12N2OS/c1-6(2)9-5-12-4-8(7(3)13)11-10(12)14-9/h4-6H,1-3H3. The molecule has 0 amide bonds. The molecule has 0 N–H and O–H groups in total. The van der Waals surface area contributed by atoms with Crippen molar-refractivity contribution in [3.8, 4) is 0 Å². The number of nitrogens with zero attached hydrogens (tertiary/aromatic N) is 2. The number of fused-ring (bicyclic) bond motifs is 1. The van der Waals surface area contributed by atoms with Crippen molar-refractivity contribution in [3.05, 3.63) is 23.0 Å². The Labute approximate surface area is 86.4 Å². The van der Waals surface area contributed by atoms with Crippen LogP contribution in [-0.2, 0) is 0 Å². The normalized spacial score (nSPS) is 11.4. The Balaban J connectivity index is 2.50. The molecule has 3 nitrogen and oxygen atoms in total. The van der Waals surface area contributed by atoms with Gasteiger partial charge in [-0.15, -0.1) is 11.3 Å². The van der Waals surface area contributed by atoms with Gasteiger partial charge in [0, 0.05) is 24.2 Å². The number of rotatable bonds is 2. The van der Waals surface area contributed by atoms with Crippen LogP contribution in [0.15, 0.2) is 12.4 Å². The molecule has 2 aromatic heterocycles. The second-order valence-corrected chi connectivity index (χ2v) is 4.70. The maximum absolute atomic E-state index is 11.1. The number of thiazole rings is 1. The van der Waals surface area contributed by atoms with Gasteiger partial charge in [0.2, 0.25) is 0 Å². The number of aromatic nitrogens is 2. The Morgan fingerprint density at radius 2 is 2.21 bits per heavy atom. The summed E-state index contributed by atoms with van der Waals surface area (Å²) in [5.41, 5.74) is 0.548. The minimum atomic E-state index is 0.0204. The molecule has 0 unspecified atom stereocenters. The smallest absolute Gasteiger partial charge is 0.194 e. The summed E-state index contributed by atoms with van der Waals surface area (Å²) in [5, 5.41) is 0. The van der Waals surface area contributed by atoms with E-state index in [1.807, 2.05) is 10.6 Å². The predicted molar refractivity (Wildman–Crippen MR) is 57.2 cm³/mol. The van der Waals surface area contributed by atoms with Crippen LogP contribution < -0.4 is 0 Å². The number of carbonyl (C=O) groups excluding carboxylic acids is 1. The first-order chi connectivity index (χ1) is 6.58. The van der Waals surface area contributed by atoms with Crippen LogP contribution in [-0.4, -0.2) is 15.2 Å². The summed E-state index contributed by atoms with van der Waals surface area (Å²) in [6.07, 6.45) is 3.84. The highest BCUT2D eigenvalue weighted by Gasteiger charge is 2.10. The molecule has 4 heteroatoms. The van der Waals surface area contributed by atoms with Gasteiger partial charge in [0.05, 0.1) is 0 Å². The molecule has 0 aliphatic carbocycles. The Morgan fingerprint density at radius 3 is 2.71 bits per heavy atom. The fourth-order valence-corrected chi connectivity index (χ4v) is 2.22. The van der Waals surface area contributed by atoms with Crippen LogP contribution in [0.3, 0.4) is 0 Å². The lowest BCUT2D eigenvalue weighted by Gasteiger charge is -1.95. The van der Waals surface area contributed by atoms with Crippen molar-refractivity contribution >= 4 is 22.1 Å². The van der Waals surface area contributed by atoms with E-state index in [1.165, 1.54) is 11.8 Å². The molecule has 0 spiro atoms. The summed E-state index contributed by atoms with van der Waals surface area (Å²) in [7, 11) is 0. The van der Waals surface area contributed by atoms with E-state index in [0.717, 1.165) is 4.96 Å². The van der Waals surface area contributed by atoms with E-state index in [4.69, 9.17) is 0 Å². The largest absolute Gasteiger partial charge is 0.297 e. The van der Waals surface area contributed by atoms with Gasteiger partial charge in [-0.05, 0) is 5.92 Å². The maximum Gasteiger partial charge on any atom is 0.194 e. The van der Waals surface area contributed by atoms with Crippen molar-refractivity contribution in [2.75, 3.05) is 0 Å². The second kappa shape index (κ2) is 3.20. The van der Waals surface area contributed by atoms with Crippen molar-refractivity contribution in [1.29, 1.82) is 0 Å². The number of hydrogen-bond donors (Lipinski definition) is 0. The van der Waals surface area contributed by atoms with E-state index in [9.17, 15) is 4.79 Å². The molecule has 2 rings (SSSR count). The van der Waals surface area contributed by atoms with Gasteiger partial charge in [-0.1, -0.05) is 13.8 Å². The molecule has 74 valence electrons. The van der Waals surface area contributed by atoms with Crippen molar-refractivity contribution in [3.63, 3.8) is 0 Å². The lowest BCUT2D eigenvalue weighted by Crippen LogP contribution is -1.90. The van der Waals surface area contributed by atoms with Gasteiger partial charge in [0.25, 0.3) is 0 Å². The minimum absolute atomic E-state index is 0.0204. The fourth-order valence-electron chi connectivity index (χ4n) is 1.25. The van der Waals surface area contributed by atoms with E-state index >= 15 is 0 Å². The van der Waals surface area contributed by atoms with E-state index < -0.39 is 0 Å². The Kier molecular flexibility index (Phi) is 2.15. The van der Waals surface area contributed by atoms with Crippen LogP contribution in [0.25, 0.3) is 4.96 Å². The van der Waals surface area contributed by atoms with Gasteiger partial charge in [-0.3, -0.25) is 9.20 Å². The molecule has 0 aliphatic heterocycles. The first kappa shape index (κ1) is 9.40. The molecule has 14 heavy (non-hydrogen) atoms. The number of carbonyl (C=O) groups is 1. The van der Waals surface area contributed by atoms with Crippen molar-refractivity contribution < 1.29 is 4.79 Å². The van der Waals surface area contributed by atoms with Crippen molar-refractivity contribution in [2.24, 2.45) is 0 Å².